The molecule has 1 fully saturated rings. The smallest absolute Gasteiger partial charge is 0.326 e. The van der Waals surface area contributed by atoms with E-state index in [4.69, 9.17) is 0 Å². The van der Waals surface area contributed by atoms with E-state index in [1.165, 1.54) is 6.20 Å². The van der Waals surface area contributed by atoms with Crippen molar-refractivity contribution >= 4 is 17.7 Å². The zero-order chi connectivity index (χ0) is 14.4. The van der Waals surface area contributed by atoms with Crippen LogP contribution in [0.3, 0.4) is 0 Å². The van der Waals surface area contributed by atoms with E-state index in [1.807, 2.05) is 0 Å². The lowest BCUT2D eigenvalue weighted by Gasteiger charge is -2.28. The number of carbonyl (C=O) groups excluding carboxylic acids is 1. The molecule has 0 aromatic carbocycles. The largest absolute Gasteiger partial charge is 0.480 e. The number of carboxylic acid groups (broad SMARTS) is 1. The number of aliphatic carboxylic acids is 1. The Balaban J connectivity index is 1.93. The Bertz CT molecular complexity index is 458. The van der Waals surface area contributed by atoms with Gasteiger partial charge < -0.3 is 15.7 Å². The topological polar surface area (TPSA) is 91.3 Å². The van der Waals surface area contributed by atoms with Gasteiger partial charge in [-0.15, -0.1) is 0 Å². The molecule has 0 saturated heterocycles. The lowest BCUT2D eigenvalue weighted by Crippen LogP contribution is -2.48. The Kier molecular flexibility index (Phi) is 4.92. The Morgan fingerprint density at radius 2 is 2.05 bits per heavy atom. The fourth-order valence-electron chi connectivity index (χ4n) is 2.59. The third-order valence-corrected chi connectivity index (χ3v) is 3.59. The maximum absolute atomic E-state index is 11.9. The first-order valence-corrected chi connectivity index (χ1v) is 6.87. The number of hydrogen-bond donors (Lipinski definition) is 3. The zero-order valence-corrected chi connectivity index (χ0v) is 11.2. The molecule has 2 amide bonds. The van der Waals surface area contributed by atoms with Gasteiger partial charge >= 0.3 is 12.0 Å². The van der Waals surface area contributed by atoms with Crippen molar-refractivity contribution in [3.05, 3.63) is 24.5 Å². The standard InChI is InChI=1S/C14H19N3O3/c18-13(19)12(10-5-2-1-3-6-10)17-14(20)16-11-7-4-8-15-9-11/h4,7-10,12H,1-3,5-6H2,(H,18,19)(H2,16,17,20). The van der Waals surface area contributed by atoms with Crippen LogP contribution in [-0.2, 0) is 4.79 Å². The summed E-state index contributed by atoms with van der Waals surface area (Å²) in [7, 11) is 0. The average molecular weight is 277 g/mol. The molecule has 0 bridgehead atoms. The first kappa shape index (κ1) is 14.3. The molecule has 1 heterocycles. The van der Waals surface area contributed by atoms with Gasteiger partial charge in [-0.1, -0.05) is 19.3 Å². The molecule has 3 N–H and O–H groups in total. The number of nitrogens with zero attached hydrogens (tertiary/aromatic N) is 1. The minimum absolute atomic E-state index is 0.0147. The molecule has 6 heteroatoms. The van der Waals surface area contributed by atoms with E-state index in [-0.39, 0.29) is 5.92 Å². The molecule has 0 radical (unpaired) electrons. The Hall–Kier alpha value is -2.11. The summed E-state index contributed by atoms with van der Waals surface area (Å²) in [5.41, 5.74) is 0.540. The lowest BCUT2D eigenvalue weighted by molar-refractivity contribution is -0.141. The van der Waals surface area contributed by atoms with Crippen LogP contribution in [0.1, 0.15) is 32.1 Å². The summed E-state index contributed by atoms with van der Waals surface area (Å²) in [4.78, 5) is 27.1. The molecular formula is C14H19N3O3. The highest BCUT2D eigenvalue weighted by molar-refractivity contribution is 5.92. The number of nitrogens with one attached hydrogen (secondary N) is 2. The number of rotatable bonds is 4. The summed E-state index contributed by atoms with van der Waals surface area (Å²) in [5.74, 6) is -0.959. The van der Waals surface area contributed by atoms with Crippen molar-refractivity contribution in [2.45, 2.75) is 38.1 Å². The first-order valence-electron chi connectivity index (χ1n) is 6.87. The van der Waals surface area contributed by atoms with E-state index in [0.29, 0.717) is 5.69 Å². The normalized spacial score (nSPS) is 17.2. The maximum Gasteiger partial charge on any atom is 0.326 e. The highest BCUT2D eigenvalue weighted by atomic mass is 16.4. The molecule has 1 aliphatic rings. The summed E-state index contributed by atoms with van der Waals surface area (Å²) in [6.07, 6.45) is 8.01. The van der Waals surface area contributed by atoms with E-state index in [1.54, 1.807) is 18.3 Å². The van der Waals surface area contributed by atoms with Gasteiger partial charge in [-0.3, -0.25) is 4.98 Å². The van der Waals surface area contributed by atoms with Gasteiger partial charge in [0.2, 0.25) is 0 Å². The zero-order valence-electron chi connectivity index (χ0n) is 11.2. The lowest BCUT2D eigenvalue weighted by atomic mass is 9.84. The summed E-state index contributed by atoms with van der Waals surface area (Å²) < 4.78 is 0. The van der Waals surface area contributed by atoms with Crippen molar-refractivity contribution in [3.8, 4) is 0 Å². The van der Waals surface area contributed by atoms with Crippen LogP contribution in [0.2, 0.25) is 0 Å². The van der Waals surface area contributed by atoms with Crippen molar-refractivity contribution < 1.29 is 14.7 Å². The van der Waals surface area contributed by atoms with Gasteiger partial charge in [0.05, 0.1) is 11.9 Å². The monoisotopic (exact) mass is 277 g/mol. The van der Waals surface area contributed by atoms with Gasteiger partial charge in [0.25, 0.3) is 0 Å². The molecule has 0 spiro atoms. The van der Waals surface area contributed by atoms with Crippen LogP contribution in [0, 0.1) is 5.92 Å². The first-order chi connectivity index (χ1) is 9.66. The third-order valence-electron chi connectivity index (χ3n) is 3.59. The van der Waals surface area contributed by atoms with Crippen molar-refractivity contribution in [3.63, 3.8) is 0 Å². The molecule has 1 aromatic heterocycles. The molecule has 1 atom stereocenters. The highest BCUT2D eigenvalue weighted by Gasteiger charge is 2.30. The molecule has 1 unspecified atom stereocenters. The molecule has 20 heavy (non-hydrogen) atoms. The molecule has 1 aromatic rings. The Morgan fingerprint density at radius 3 is 2.65 bits per heavy atom. The van der Waals surface area contributed by atoms with E-state index < -0.39 is 18.0 Å². The van der Waals surface area contributed by atoms with Crippen LogP contribution in [0.5, 0.6) is 0 Å². The fourth-order valence-corrected chi connectivity index (χ4v) is 2.59. The summed E-state index contributed by atoms with van der Waals surface area (Å²) >= 11 is 0. The van der Waals surface area contributed by atoms with Crippen LogP contribution in [0.4, 0.5) is 10.5 Å². The number of carboxylic acids is 1. The number of carbonyl (C=O) groups is 2. The number of amides is 2. The van der Waals surface area contributed by atoms with Crippen molar-refractivity contribution in [1.82, 2.24) is 10.3 Å². The van der Waals surface area contributed by atoms with Gasteiger partial charge in [0.1, 0.15) is 6.04 Å². The predicted octanol–water partition coefficient (Wildman–Crippen LogP) is 2.24. The number of aromatic nitrogens is 1. The van der Waals surface area contributed by atoms with Gasteiger partial charge in [-0.25, -0.2) is 9.59 Å². The van der Waals surface area contributed by atoms with Crippen molar-refractivity contribution in [2.75, 3.05) is 5.32 Å². The van der Waals surface area contributed by atoms with E-state index in [0.717, 1.165) is 32.1 Å². The summed E-state index contributed by atoms with van der Waals surface area (Å²) in [6, 6.07) is 2.07. The molecule has 2 rings (SSSR count). The number of anilines is 1. The Labute approximate surface area is 117 Å². The second-order valence-corrected chi connectivity index (χ2v) is 5.05. The van der Waals surface area contributed by atoms with E-state index >= 15 is 0 Å². The quantitative estimate of drug-likeness (QED) is 0.787. The average Bonchev–Trinajstić information content (AvgIpc) is 2.46. The number of pyridine rings is 1. The second-order valence-electron chi connectivity index (χ2n) is 5.05. The van der Waals surface area contributed by atoms with Crippen LogP contribution in [0.15, 0.2) is 24.5 Å². The third kappa shape index (κ3) is 3.94. The van der Waals surface area contributed by atoms with Crippen molar-refractivity contribution in [2.24, 2.45) is 5.92 Å². The SMILES string of the molecule is O=C(Nc1cccnc1)NC(C(=O)O)C1CCCCC1. The highest BCUT2D eigenvalue weighted by Crippen LogP contribution is 2.26. The molecule has 0 aliphatic heterocycles. The van der Waals surface area contributed by atoms with Crippen LogP contribution >= 0.6 is 0 Å². The van der Waals surface area contributed by atoms with Crippen LogP contribution in [-0.4, -0.2) is 28.1 Å². The van der Waals surface area contributed by atoms with Crippen LogP contribution in [0.25, 0.3) is 0 Å². The van der Waals surface area contributed by atoms with E-state index in [9.17, 15) is 14.7 Å². The van der Waals surface area contributed by atoms with Gasteiger partial charge in [0.15, 0.2) is 0 Å². The van der Waals surface area contributed by atoms with Crippen LogP contribution < -0.4 is 10.6 Å². The molecule has 1 aliphatic carbocycles. The number of urea groups is 1. The summed E-state index contributed by atoms with van der Waals surface area (Å²) in [5, 5.41) is 14.4. The molecule has 108 valence electrons. The van der Waals surface area contributed by atoms with Gasteiger partial charge in [-0.2, -0.15) is 0 Å². The maximum atomic E-state index is 11.9. The number of hydrogen-bond acceptors (Lipinski definition) is 3. The minimum atomic E-state index is -0.974. The minimum Gasteiger partial charge on any atom is -0.480 e. The summed E-state index contributed by atoms with van der Waals surface area (Å²) in [6.45, 7) is 0. The molecule has 6 nitrogen and oxygen atoms in total. The van der Waals surface area contributed by atoms with Gasteiger partial charge in [0, 0.05) is 6.20 Å². The van der Waals surface area contributed by atoms with Crippen molar-refractivity contribution in [1.29, 1.82) is 0 Å². The molecule has 1 saturated carbocycles. The second kappa shape index (κ2) is 6.88. The van der Waals surface area contributed by atoms with Gasteiger partial charge in [-0.05, 0) is 30.9 Å². The molecular weight excluding hydrogens is 258 g/mol. The van der Waals surface area contributed by atoms with E-state index in [2.05, 4.69) is 15.6 Å². The predicted molar refractivity (Wildman–Crippen MR) is 74.4 cm³/mol. The fraction of sp³-hybridized carbons (Fsp3) is 0.500. The Morgan fingerprint density at radius 1 is 1.30 bits per heavy atom.